The molecule has 202 valence electrons. The summed E-state index contributed by atoms with van der Waals surface area (Å²) in [6.45, 7) is 7.47. The van der Waals surface area contributed by atoms with Gasteiger partial charge in [-0.3, -0.25) is 4.79 Å². The van der Waals surface area contributed by atoms with Crippen molar-refractivity contribution in [3.8, 4) is 39.8 Å². The number of carbonyl (C=O) groups excluding carboxylic acids is 1. The van der Waals surface area contributed by atoms with Gasteiger partial charge in [0.15, 0.2) is 11.5 Å². The van der Waals surface area contributed by atoms with Crippen molar-refractivity contribution in [2.75, 3.05) is 24.8 Å². The summed E-state index contributed by atoms with van der Waals surface area (Å²) in [6.07, 6.45) is 2.79. The van der Waals surface area contributed by atoms with Crippen LogP contribution >= 0.6 is 0 Å². The molecule has 0 unspecified atom stereocenters. The Balaban J connectivity index is 1.66. The molecule has 0 bridgehead atoms. The molecular formula is C31H30N6O3. The van der Waals surface area contributed by atoms with Gasteiger partial charge in [-0.15, -0.1) is 0 Å². The van der Waals surface area contributed by atoms with Crippen molar-refractivity contribution in [2.24, 2.45) is 7.05 Å². The molecule has 3 aromatic heterocycles. The van der Waals surface area contributed by atoms with Crippen molar-refractivity contribution in [3.63, 3.8) is 0 Å². The third-order valence-electron chi connectivity index (χ3n) is 6.81. The average Bonchev–Trinajstić information content (AvgIpc) is 3.27. The smallest absolute Gasteiger partial charge is 0.247 e. The second kappa shape index (κ2) is 10.9. The second-order valence-electron chi connectivity index (χ2n) is 9.24. The van der Waals surface area contributed by atoms with E-state index in [0.717, 1.165) is 44.7 Å². The molecule has 2 aromatic carbocycles. The van der Waals surface area contributed by atoms with Crippen LogP contribution < -0.4 is 20.1 Å². The zero-order valence-electron chi connectivity index (χ0n) is 23.1. The summed E-state index contributed by atoms with van der Waals surface area (Å²) < 4.78 is 13.9. The highest BCUT2D eigenvalue weighted by Crippen LogP contribution is 2.45. The number of carbonyl (C=O) groups is 1. The molecule has 40 heavy (non-hydrogen) atoms. The lowest BCUT2D eigenvalue weighted by Crippen LogP contribution is -2.06. The predicted molar refractivity (Wildman–Crippen MR) is 158 cm³/mol. The molecule has 0 atom stereocenters. The number of aromatic nitrogens is 4. The van der Waals surface area contributed by atoms with Gasteiger partial charge in [0.05, 0.1) is 18.2 Å². The van der Waals surface area contributed by atoms with E-state index < -0.39 is 0 Å². The maximum Gasteiger partial charge on any atom is 0.247 e. The molecule has 1 amide bonds. The van der Waals surface area contributed by atoms with Crippen LogP contribution in [-0.2, 0) is 11.8 Å². The largest absolute Gasteiger partial charge is 0.493 e. The van der Waals surface area contributed by atoms with Gasteiger partial charge in [0.25, 0.3) is 0 Å². The van der Waals surface area contributed by atoms with E-state index in [0.29, 0.717) is 28.9 Å². The minimum absolute atomic E-state index is 0.266. The standard InChI is InChI=1S/C31H30N6O3/c1-7-25(38)36-22-12-9-20(10-13-22)29-27(28-30(32-4)33-17-34-31(28)37(29)5)21-11-14-23(24(16-21)39-6)40-26-15-8-18(2)19(3)35-26/h7-17H,1H2,2-6H3,(H,36,38)(H,32,33,34). The third kappa shape index (κ3) is 4.84. The number of pyridine rings is 1. The fraction of sp³-hybridized carbons (Fsp3) is 0.161. The van der Waals surface area contributed by atoms with E-state index in [4.69, 9.17) is 9.47 Å². The number of ether oxygens (including phenoxy) is 2. The maximum atomic E-state index is 11.8. The molecule has 0 aliphatic carbocycles. The topological polar surface area (TPSA) is 103 Å². The predicted octanol–water partition coefficient (Wildman–Crippen LogP) is 6.28. The highest BCUT2D eigenvalue weighted by molar-refractivity contribution is 6.08. The van der Waals surface area contributed by atoms with Crippen LogP contribution in [0.1, 0.15) is 11.3 Å². The Labute approximate surface area is 232 Å². The third-order valence-corrected chi connectivity index (χ3v) is 6.81. The Morgan fingerprint density at radius 3 is 2.42 bits per heavy atom. The number of hydrogen-bond acceptors (Lipinski definition) is 7. The number of rotatable bonds is 8. The van der Waals surface area contributed by atoms with Crippen molar-refractivity contribution < 1.29 is 14.3 Å². The number of nitrogens with one attached hydrogen (secondary N) is 2. The van der Waals surface area contributed by atoms with Crippen molar-refractivity contribution >= 4 is 28.4 Å². The monoisotopic (exact) mass is 534 g/mol. The quantitative estimate of drug-likeness (QED) is 0.226. The lowest BCUT2D eigenvalue weighted by Gasteiger charge is -2.14. The number of benzene rings is 2. The minimum atomic E-state index is -0.266. The van der Waals surface area contributed by atoms with Gasteiger partial charge in [0, 0.05) is 37.1 Å². The molecule has 0 aliphatic heterocycles. The number of amides is 1. The van der Waals surface area contributed by atoms with E-state index in [1.165, 1.54) is 6.08 Å². The molecule has 0 saturated carbocycles. The van der Waals surface area contributed by atoms with Crippen LogP contribution in [0.2, 0.25) is 0 Å². The van der Waals surface area contributed by atoms with Gasteiger partial charge in [-0.1, -0.05) is 30.8 Å². The molecule has 0 saturated heterocycles. The molecular weight excluding hydrogens is 504 g/mol. The Hall–Kier alpha value is -5.18. The number of anilines is 2. The molecule has 3 heterocycles. The van der Waals surface area contributed by atoms with E-state index >= 15 is 0 Å². The second-order valence-corrected chi connectivity index (χ2v) is 9.24. The number of hydrogen-bond donors (Lipinski definition) is 2. The molecule has 0 aliphatic rings. The Morgan fingerprint density at radius 2 is 1.75 bits per heavy atom. The van der Waals surface area contributed by atoms with E-state index in [1.54, 1.807) is 13.4 Å². The number of aryl methyl sites for hydroxylation is 3. The van der Waals surface area contributed by atoms with Crippen molar-refractivity contribution in [3.05, 3.63) is 84.8 Å². The van der Waals surface area contributed by atoms with Crippen molar-refractivity contribution in [1.82, 2.24) is 19.5 Å². The van der Waals surface area contributed by atoms with Gasteiger partial charge in [-0.2, -0.15) is 0 Å². The minimum Gasteiger partial charge on any atom is -0.493 e. The fourth-order valence-corrected chi connectivity index (χ4v) is 4.65. The van der Waals surface area contributed by atoms with Gasteiger partial charge in [-0.25, -0.2) is 15.0 Å². The van der Waals surface area contributed by atoms with Gasteiger partial charge >= 0.3 is 0 Å². The summed E-state index contributed by atoms with van der Waals surface area (Å²) in [5.41, 5.74) is 7.14. The number of methoxy groups -OCH3 is 1. The molecule has 5 aromatic rings. The molecule has 9 heteroatoms. The summed E-state index contributed by atoms with van der Waals surface area (Å²) in [4.78, 5) is 25.4. The van der Waals surface area contributed by atoms with Crippen LogP contribution in [-0.4, -0.2) is 39.6 Å². The molecule has 0 spiro atoms. The highest BCUT2D eigenvalue weighted by atomic mass is 16.5. The summed E-state index contributed by atoms with van der Waals surface area (Å²) in [7, 11) is 5.42. The van der Waals surface area contributed by atoms with Gasteiger partial charge in [0.1, 0.15) is 17.8 Å². The first-order valence-corrected chi connectivity index (χ1v) is 12.7. The van der Waals surface area contributed by atoms with Crippen LogP contribution in [0.25, 0.3) is 33.4 Å². The molecule has 5 rings (SSSR count). The first-order valence-electron chi connectivity index (χ1n) is 12.7. The fourth-order valence-electron chi connectivity index (χ4n) is 4.65. The van der Waals surface area contributed by atoms with Crippen LogP contribution in [0, 0.1) is 13.8 Å². The first kappa shape index (κ1) is 26.4. The van der Waals surface area contributed by atoms with E-state index in [9.17, 15) is 4.79 Å². The summed E-state index contributed by atoms with van der Waals surface area (Å²) in [5, 5.41) is 6.87. The zero-order chi connectivity index (χ0) is 28.4. The zero-order valence-corrected chi connectivity index (χ0v) is 23.1. The molecule has 0 fully saturated rings. The number of nitrogens with zero attached hydrogens (tertiary/aromatic N) is 4. The van der Waals surface area contributed by atoms with Crippen molar-refractivity contribution in [1.29, 1.82) is 0 Å². The van der Waals surface area contributed by atoms with Gasteiger partial charge in [0.2, 0.25) is 11.8 Å². The van der Waals surface area contributed by atoms with E-state index in [2.05, 4.69) is 32.2 Å². The van der Waals surface area contributed by atoms with Crippen LogP contribution in [0.15, 0.2) is 73.6 Å². The molecule has 9 nitrogen and oxygen atoms in total. The summed E-state index contributed by atoms with van der Waals surface area (Å²) in [5.74, 6) is 2.05. The maximum absolute atomic E-state index is 11.8. The van der Waals surface area contributed by atoms with Crippen molar-refractivity contribution in [2.45, 2.75) is 13.8 Å². The summed E-state index contributed by atoms with van der Waals surface area (Å²) in [6, 6.07) is 17.3. The average molecular weight is 535 g/mol. The summed E-state index contributed by atoms with van der Waals surface area (Å²) >= 11 is 0. The Morgan fingerprint density at radius 1 is 1.00 bits per heavy atom. The van der Waals surface area contributed by atoms with Crippen LogP contribution in [0.4, 0.5) is 11.5 Å². The lowest BCUT2D eigenvalue weighted by atomic mass is 9.98. The lowest BCUT2D eigenvalue weighted by molar-refractivity contribution is -0.111. The Bertz CT molecular complexity index is 1740. The van der Waals surface area contributed by atoms with E-state index in [1.807, 2.05) is 87.1 Å². The van der Waals surface area contributed by atoms with Gasteiger partial charge < -0.3 is 24.7 Å². The molecule has 2 N–H and O–H groups in total. The normalized spacial score (nSPS) is 10.8. The molecule has 0 radical (unpaired) electrons. The van der Waals surface area contributed by atoms with Gasteiger partial charge in [-0.05, 0) is 60.9 Å². The Kier molecular flexibility index (Phi) is 7.20. The van der Waals surface area contributed by atoms with Crippen LogP contribution in [0.3, 0.4) is 0 Å². The SMILES string of the molecule is C=CC(=O)Nc1ccc(-c2c(-c3ccc(Oc4ccc(C)c(C)n4)c(OC)c3)c3c(NC)ncnc3n2C)cc1. The highest BCUT2D eigenvalue weighted by Gasteiger charge is 2.23. The number of fused-ring (bicyclic) bond motifs is 1. The van der Waals surface area contributed by atoms with E-state index in [-0.39, 0.29) is 5.91 Å². The van der Waals surface area contributed by atoms with Crippen LogP contribution in [0.5, 0.6) is 17.4 Å². The first-order chi connectivity index (χ1) is 19.3.